The van der Waals surface area contributed by atoms with E-state index in [0.717, 1.165) is 23.2 Å². The average molecular weight is 362 g/mol. The molecule has 7 nitrogen and oxygen atoms in total. The lowest BCUT2D eigenvalue weighted by Gasteiger charge is -2.42. The van der Waals surface area contributed by atoms with Gasteiger partial charge in [-0.2, -0.15) is 0 Å². The molecular weight excluding hydrogens is 344 g/mol. The molecule has 2 bridgehead atoms. The van der Waals surface area contributed by atoms with E-state index in [1.54, 1.807) is 24.5 Å². The summed E-state index contributed by atoms with van der Waals surface area (Å²) in [6.07, 6.45) is 5.87. The Morgan fingerprint density at radius 1 is 1.15 bits per heavy atom. The quantitative estimate of drug-likeness (QED) is 0.698. The van der Waals surface area contributed by atoms with Crippen molar-refractivity contribution in [3.8, 4) is 11.1 Å². The smallest absolute Gasteiger partial charge is 0.276 e. The van der Waals surface area contributed by atoms with E-state index >= 15 is 0 Å². The van der Waals surface area contributed by atoms with Gasteiger partial charge >= 0.3 is 0 Å². The fourth-order valence-electron chi connectivity index (χ4n) is 4.31. The molecule has 1 fully saturated rings. The summed E-state index contributed by atoms with van der Waals surface area (Å²) < 4.78 is 6.68. The SMILES string of the molecule is O=C(c1ccon1)N1C[C@@H]2C[C@H](C1)c1cc(-c3cccnc3)cc(=O)n1C2. The average Bonchev–Trinajstić information content (AvgIpc) is 3.23. The van der Waals surface area contributed by atoms with Crippen LogP contribution in [0, 0.1) is 5.92 Å². The molecule has 0 aliphatic carbocycles. The molecule has 0 N–H and O–H groups in total. The summed E-state index contributed by atoms with van der Waals surface area (Å²) in [6.45, 7) is 1.86. The Hall–Kier alpha value is -3.22. The first-order chi connectivity index (χ1) is 13.2. The Balaban J connectivity index is 1.51. The summed E-state index contributed by atoms with van der Waals surface area (Å²) in [7, 11) is 0. The maximum Gasteiger partial charge on any atom is 0.276 e. The van der Waals surface area contributed by atoms with Crippen LogP contribution in [0.2, 0.25) is 0 Å². The number of rotatable bonds is 2. The Morgan fingerprint density at radius 3 is 2.85 bits per heavy atom. The molecule has 0 saturated carbocycles. The number of nitrogens with zero attached hydrogens (tertiary/aromatic N) is 4. The van der Waals surface area contributed by atoms with Gasteiger partial charge in [-0.3, -0.25) is 14.6 Å². The van der Waals surface area contributed by atoms with E-state index in [1.807, 2.05) is 21.6 Å². The molecule has 5 heterocycles. The normalized spacial score (nSPS) is 21.0. The molecule has 5 rings (SSSR count). The highest BCUT2D eigenvalue weighted by molar-refractivity contribution is 5.92. The van der Waals surface area contributed by atoms with Crippen LogP contribution in [0.25, 0.3) is 11.1 Å². The lowest BCUT2D eigenvalue weighted by molar-refractivity contribution is 0.0584. The van der Waals surface area contributed by atoms with Crippen molar-refractivity contribution < 1.29 is 9.32 Å². The van der Waals surface area contributed by atoms with Crippen molar-refractivity contribution >= 4 is 5.91 Å². The second kappa shape index (κ2) is 6.19. The summed E-state index contributed by atoms with van der Waals surface area (Å²) in [5.74, 6) is 0.296. The third-order valence-corrected chi connectivity index (χ3v) is 5.50. The van der Waals surface area contributed by atoms with Crippen LogP contribution in [0.4, 0.5) is 0 Å². The monoisotopic (exact) mass is 362 g/mol. The van der Waals surface area contributed by atoms with Crippen molar-refractivity contribution in [1.29, 1.82) is 0 Å². The predicted octanol–water partition coefficient (Wildman–Crippen LogP) is 2.16. The molecule has 0 radical (unpaired) electrons. The molecule has 136 valence electrons. The van der Waals surface area contributed by atoms with E-state index in [2.05, 4.69) is 16.2 Å². The molecule has 2 aliphatic rings. The van der Waals surface area contributed by atoms with Crippen LogP contribution in [0.1, 0.15) is 28.5 Å². The number of carbonyl (C=O) groups excluding carboxylic acids is 1. The molecule has 1 saturated heterocycles. The van der Waals surface area contributed by atoms with Gasteiger partial charge in [0.1, 0.15) is 6.26 Å². The van der Waals surface area contributed by atoms with Crippen molar-refractivity contribution in [3.05, 3.63) is 70.7 Å². The molecule has 7 heteroatoms. The van der Waals surface area contributed by atoms with Gasteiger partial charge in [0.25, 0.3) is 11.5 Å². The molecule has 2 aliphatic heterocycles. The predicted molar refractivity (Wildman–Crippen MR) is 97.2 cm³/mol. The number of piperidine rings is 1. The van der Waals surface area contributed by atoms with Crippen LogP contribution in [-0.4, -0.2) is 38.6 Å². The molecule has 3 aromatic heterocycles. The first kappa shape index (κ1) is 16.0. The number of likely N-dealkylation sites (tertiary alicyclic amines) is 1. The van der Waals surface area contributed by atoms with Crippen molar-refractivity contribution in [3.63, 3.8) is 0 Å². The highest BCUT2D eigenvalue weighted by Crippen LogP contribution is 2.36. The third kappa shape index (κ3) is 2.75. The van der Waals surface area contributed by atoms with E-state index in [4.69, 9.17) is 4.52 Å². The zero-order valence-electron chi connectivity index (χ0n) is 14.6. The minimum absolute atomic E-state index is 0.0114. The number of amides is 1. The fraction of sp³-hybridized carbons (Fsp3) is 0.300. The van der Waals surface area contributed by atoms with Crippen molar-refractivity contribution in [1.82, 2.24) is 19.6 Å². The van der Waals surface area contributed by atoms with Gasteiger partial charge in [0.15, 0.2) is 5.69 Å². The lowest BCUT2D eigenvalue weighted by atomic mass is 9.82. The standard InChI is InChI=1S/C20H18N4O3/c25-19-8-15(14-2-1-4-21-9-14)7-18-16-6-13(11-24(18)19)10-23(12-16)20(26)17-3-5-27-22-17/h1-5,7-9,13,16H,6,10-12H2/t13-,16+/m0/s1. The van der Waals surface area contributed by atoms with E-state index in [9.17, 15) is 9.59 Å². The number of hydrogen-bond donors (Lipinski definition) is 0. The Bertz CT molecular complexity index is 1040. The maximum absolute atomic E-state index is 12.7. The number of carbonyl (C=O) groups is 1. The zero-order chi connectivity index (χ0) is 18.4. The van der Waals surface area contributed by atoms with Gasteiger partial charge in [-0.05, 0) is 30.0 Å². The summed E-state index contributed by atoms with van der Waals surface area (Å²) in [4.78, 5) is 31.4. The van der Waals surface area contributed by atoms with E-state index < -0.39 is 0 Å². The van der Waals surface area contributed by atoms with Crippen LogP contribution in [0.3, 0.4) is 0 Å². The Morgan fingerprint density at radius 2 is 2.07 bits per heavy atom. The van der Waals surface area contributed by atoms with Gasteiger partial charge in [-0.15, -0.1) is 0 Å². The van der Waals surface area contributed by atoms with Crippen molar-refractivity contribution in [2.75, 3.05) is 13.1 Å². The molecule has 0 unspecified atom stereocenters. The number of aromatic nitrogens is 3. The lowest BCUT2D eigenvalue weighted by Crippen LogP contribution is -2.49. The van der Waals surface area contributed by atoms with Crippen molar-refractivity contribution in [2.24, 2.45) is 5.92 Å². The molecule has 3 aromatic rings. The topological polar surface area (TPSA) is 81.2 Å². The molecule has 27 heavy (non-hydrogen) atoms. The second-order valence-electron chi connectivity index (χ2n) is 7.25. The molecule has 0 spiro atoms. The second-order valence-corrected chi connectivity index (χ2v) is 7.25. The van der Waals surface area contributed by atoms with Crippen LogP contribution in [0.15, 0.2) is 58.3 Å². The van der Waals surface area contributed by atoms with Gasteiger partial charge in [0.2, 0.25) is 0 Å². The van der Waals surface area contributed by atoms with Gasteiger partial charge in [0, 0.05) is 61.3 Å². The van der Waals surface area contributed by atoms with Gasteiger partial charge in [-0.1, -0.05) is 11.2 Å². The molecule has 0 aromatic carbocycles. The summed E-state index contributed by atoms with van der Waals surface area (Å²) in [5.41, 5.74) is 3.13. The first-order valence-electron chi connectivity index (χ1n) is 9.04. The minimum Gasteiger partial charge on any atom is -0.364 e. The largest absolute Gasteiger partial charge is 0.364 e. The van der Waals surface area contributed by atoms with Gasteiger partial charge in [0.05, 0.1) is 0 Å². The van der Waals surface area contributed by atoms with Gasteiger partial charge in [-0.25, -0.2) is 0 Å². The number of hydrogen-bond acceptors (Lipinski definition) is 5. The summed E-state index contributed by atoms with van der Waals surface area (Å²) in [5, 5.41) is 3.77. The fourth-order valence-corrected chi connectivity index (χ4v) is 4.31. The summed E-state index contributed by atoms with van der Waals surface area (Å²) in [6, 6.07) is 9.15. The van der Waals surface area contributed by atoms with E-state index in [1.165, 1.54) is 6.26 Å². The van der Waals surface area contributed by atoms with E-state index in [0.29, 0.717) is 25.3 Å². The zero-order valence-corrected chi connectivity index (χ0v) is 14.6. The highest BCUT2D eigenvalue weighted by Gasteiger charge is 2.37. The maximum atomic E-state index is 12.7. The summed E-state index contributed by atoms with van der Waals surface area (Å²) >= 11 is 0. The number of pyridine rings is 2. The van der Waals surface area contributed by atoms with Crippen molar-refractivity contribution in [2.45, 2.75) is 18.9 Å². The number of fused-ring (bicyclic) bond motifs is 4. The molecular formula is C20H18N4O3. The van der Waals surface area contributed by atoms with Gasteiger partial charge < -0.3 is 14.0 Å². The Kier molecular flexibility index (Phi) is 3.67. The van der Waals surface area contributed by atoms with E-state index in [-0.39, 0.29) is 23.3 Å². The third-order valence-electron chi connectivity index (χ3n) is 5.50. The highest BCUT2D eigenvalue weighted by atomic mass is 16.5. The van der Waals surface area contributed by atoms with Crippen LogP contribution in [-0.2, 0) is 6.54 Å². The molecule has 1 amide bonds. The van der Waals surface area contributed by atoms with Crippen LogP contribution < -0.4 is 5.56 Å². The van der Waals surface area contributed by atoms with Crippen LogP contribution in [0.5, 0.6) is 0 Å². The minimum atomic E-state index is -0.113. The van der Waals surface area contributed by atoms with Crippen LogP contribution >= 0.6 is 0 Å². The Labute approximate surface area is 155 Å². The molecule has 2 atom stereocenters. The first-order valence-corrected chi connectivity index (χ1v) is 9.04.